The van der Waals surface area contributed by atoms with Crippen molar-refractivity contribution in [3.8, 4) is 6.07 Å². The normalized spacial score (nSPS) is 21.6. The molecule has 3 amide bonds. The minimum atomic E-state index is -1.16. The monoisotopic (exact) mass is 480 g/mol. The molecule has 35 heavy (non-hydrogen) atoms. The quantitative estimate of drug-likeness (QED) is 0.709. The maximum absolute atomic E-state index is 13.8. The molecule has 9 heteroatoms. The number of hydrogen-bond acceptors (Lipinski definition) is 4. The van der Waals surface area contributed by atoms with Crippen molar-refractivity contribution in [3.05, 3.63) is 65.2 Å². The number of rotatable bonds is 5. The van der Waals surface area contributed by atoms with Crippen LogP contribution in [0.15, 0.2) is 42.5 Å². The maximum atomic E-state index is 13.8. The highest BCUT2D eigenvalue weighted by molar-refractivity contribution is 6.07. The van der Waals surface area contributed by atoms with Crippen molar-refractivity contribution in [2.24, 2.45) is 5.92 Å². The Bertz CT molecular complexity index is 1240. The van der Waals surface area contributed by atoms with Crippen molar-refractivity contribution in [1.82, 2.24) is 9.80 Å². The smallest absolute Gasteiger partial charge is 0.254 e. The fourth-order valence-electron chi connectivity index (χ4n) is 5.02. The molecule has 0 bridgehead atoms. The summed E-state index contributed by atoms with van der Waals surface area (Å²) in [5.41, 5.74) is 0.268. The van der Waals surface area contributed by atoms with E-state index in [1.165, 1.54) is 16.8 Å². The third-order valence-corrected chi connectivity index (χ3v) is 6.85. The van der Waals surface area contributed by atoms with Crippen molar-refractivity contribution < 1.29 is 23.2 Å². The van der Waals surface area contributed by atoms with Gasteiger partial charge in [0.05, 0.1) is 11.5 Å². The summed E-state index contributed by atoms with van der Waals surface area (Å²) in [6.07, 6.45) is 0.433. The highest BCUT2D eigenvalue weighted by Gasteiger charge is 2.56. The summed E-state index contributed by atoms with van der Waals surface area (Å²) >= 11 is 0. The molecule has 1 saturated heterocycles. The van der Waals surface area contributed by atoms with Crippen LogP contribution in [0.5, 0.6) is 0 Å². The number of likely N-dealkylation sites (N-methyl/N-ethyl adjacent to an activating group) is 1. The molecule has 2 aromatic carbocycles. The lowest BCUT2D eigenvalue weighted by Gasteiger charge is -2.33. The molecule has 0 radical (unpaired) electrons. The van der Waals surface area contributed by atoms with Crippen LogP contribution < -0.4 is 5.32 Å². The number of carbonyl (C=O) groups excluding carboxylic acids is 3. The van der Waals surface area contributed by atoms with E-state index in [1.807, 2.05) is 26.0 Å². The molecule has 4 rings (SSSR count). The number of nitriles is 1. The second kappa shape index (κ2) is 9.10. The van der Waals surface area contributed by atoms with Crippen LogP contribution in [0.1, 0.15) is 42.6 Å². The second-order valence-corrected chi connectivity index (χ2v) is 9.59. The number of likely N-dealkylation sites (tertiary alicyclic amines) is 1. The predicted octanol–water partition coefficient (Wildman–Crippen LogP) is 3.47. The van der Waals surface area contributed by atoms with E-state index < -0.39 is 40.9 Å². The van der Waals surface area contributed by atoms with Gasteiger partial charge in [-0.1, -0.05) is 32.0 Å². The molecule has 1 N–H and O–H groups in total. The first kappa shape index (κ1) is 24.3. The van der Waals surface area contributed by atoms with Crippen LogP contribution in [0, 0.1) is 28.9 Å². The van der Waals surface area contributed by atoms with Crippen LogP contribution in [0.2, 0.25) is 0 Å². The largest absolute Gasteiger partial charge is 0.330 e. The van der Waals surface area contributed by atoms with E-state index in [1.54, 1.807) is 12.1 Å². The first-order valence-electron chi connectivity index (χ1n) is 11.4. The fourth-order valence-corrected chi connectivity index (χ4v) is 5.02. The molecule has 7 nitrogen and oxygen atoms in total. The number of carbonyl (C=O) groups is 3. The van der Waals surface area contributed by atoms with Gasteiger partial charge in [0.1, 0.15) is 12.1 Å². The lowest BCUT2D eigenvalue weighted by molar-refractivity contribution is -0.136. The van der Waals surface area contributed by atoms with E-state index in [4.69, 9.17) is 0 Å². The third kappa shape index (κ3) is 4.14. The summed E-state index contributed by atoms with van der Waals surface area (Å²) in [6, 6.07) is 10.4. The molecular weight excluding hydrogens is 454 g/mol. The minimum absolute atomic E-state index is 0.00864. The van der Waals surface area contributed by atoms with Crippen molar-refractivity contribution >= 4 is 23.4 Å². The Balaban J connectivity index is 1.66. The van der Waals surface area contributed by atoms with Gasteiger partial charge in [-0.15, -0.1) is 0 Å². The number of amides is 3. The van der Waals surface area contributed by atoms with E-state index in [-0.39, 0.29) is 36.8 Å². The summed E-state index contributed by atoms with van der Waals surface area (Å²) in [5.74, 6) is -3.59. The summed E-state index contributed by atoms with van der Waals surface area (Å²) in [6.45, 7) is 3.79. The molecule has 2 aromatic rings. The molecule has 0 unspecified atom stereocenters. The van der Waals surface area contributed by atoms with Crippen LogP contribution >= 0.6 is 0 Å². The van der Waals surface area contributed by atoms with Crippen molar-refractivity contribution in [3.63, 3.8) is 0 Å². The van der Waals surface area contributed by atoms with Crippen LogP contribution in [-0.2, 0) is 15.0 Å². The number of anilines is 1. The average Bonchev–Trinajstić information content (AvgIpc) is 3.36. The predicted molar refractivity (Wildman–Crippen MR) is 124 cm³/mol. The zero-order valence-electron chi connectivity index (χ0n) is 19.7. The molecule has 2 heterocycles. The highest BCUT2D eigenvalue weighted by Crippen LogP contribution is 2.46. The van der Waals surface area contributed by atoms with Gasteiger partial charge in [0, 0.05) is 31.3 Å². The number of hydrogen-bond donors (Lipinski definition) is 1. The van der Waals surface area contributed by atoms with E-state index in [9.17, 15) is 28.4 Å². The van der Waals surface area contributed by atoms with E-state index in [0.717, 1.165) is 23.8 Å². The Morgan fingerprint density at radius 2 is 1.94 bits per heavy atom. The molecule has 0 saturated carbocycles. The lowest BCUT2D eigenvalue weighted by Crippen LogP contribution is -2.52. The zero-order valence-corrected chi connectivity index (χ0v) is 19.7. The van der Waals surface area contributed by atoms with Crippen LogP contribution in [0.3, 0.4) is 0 Å². The fraction of sp³-hybridized carbons (Fsp3) is 0.385. The summed E-state index contributed by atoms with van der Waals surface area (Å²) < 4.78 is 27.1. The third-order valence-electron chi connectivity index (χ3n) is 6.85. The van der Waals surface area contributed by atoms with Crippen molar-refractivity contribution in [2.45, 2.75) is 44.2 Å². The van der Waals surface area contributed by atoms with Gasteiger partial charge in [-0.25, -0.2) is 8.78 Å². The average molecular weight is 481 g/mol. The zero-order chi connectivity index (χ0) is 25.5. The van der Waals surface area contributed by atoms with E-state index in [0.29, 0.717) is 5.69 Å². The number of halogens is 2. The summed E-state index contributed by atoms with van der Waals surface area (Å²) in [5, 5.41) is 12.7. The SMILES string of the molecule is CC(C)C[C@@H](C(=O)N1C[C@]2(C[C@H]1C#N)C(=O)Nc1ccccc12)N(C)C(=O)c1ccc(F)c(F)c1. The first-order valence-corrected chi connectivity index (χ1v) is 11.4. The van der Waals surface area contributed by atoms with Gasteiger partial charge in [-0.05, 0) is 42.2 Å². The maximum Gasteiger partial charge on any atom is 0.254 e. The molecule has 1 spiro atoms. The molecule has 0 aliphatic carbocycles. The number of benzene rings is 2. The van der Waals surface area contributed by atoms with Crippen molar-refractivity contribution in [2.75, 3.05) is 18.9 Å². The Hall–Kier alpha value is -3.80. The lowest BCUT2D eigenvalue weighted by atomic mass is 9.80. The Kier molecular flexibility index (Phi) is 6.32. The van der Waals surface area contributed by atoms with Gasteiger partial charge in [-0.3, -0.25) is 14.4 Å². The molecule has 1 fully saturated rings. The topological polar surface area (TPSA) is 93.5 Å². The number of para-hydroxylation sites is 1. The molecule has 2 aliphatic rings. The van der Waals surface area contributed by atoms with E-state index in [2.05, 4.69) is 11.4 Å². The number of fused-ring (bicyclic) bond motifs is 2. The summed E-state index contributed by atoms with van der Waals surface area (Å²) in [7, 11) is 1.43. The van der Waals surface area contributed by atoms with Crippen LogP contribution in [0.25, 0.3) is 0 Å². The minimum Gasteiger partial charge on any atom is -0.330 e. The summed E-state index contributed by atoms with van der Waals surface area (Å²) in [4.78, 5) is 42.5. The Morgan fingerprint density at radius 3 is 2.60 bits per heavy atom. The van der Waals surface area contributed by atoms with Gasteiger partial charge in [0.15, 0.2) is 11.6 Å². The van der Waals surface area contributed by atoms with Crippen LogP contribution in [0.4, 0.5) is 14.5 Å². The first-order chi connectivity index (χ1) is 16.6. The van der Waals surface area contributed by atoms with Gasteiger partial charge in [-0.2, -0.15) is 5.26 Å². The molecule has 3 atom stereocenters. The van der Waals surface area contributed by atoms with Gasteiger partial charge in [0.2, 0.25) is 11.8 Å². The highest BCUT2D eigenvalue weighted by atomic mass is 19.2. The van der Waals surface area contributed by atoms with Crippen LogP contribution in [-0.4, -0.2) is 53.2 Å². The van der Waals surface area contributed by atoms with E-state index >= 15 is 0 Å². The van der Waals surface area contributed by atoms with Gasteiger partial charge in [0.25, 0.3) is 5.91 Å². The second-order valence-electron chi connectivity index (χ2n) is 9.59. The van der Waals surface area contributed by atoms with Gasteiger partial charge < -0.3 is 15.1 Å². The Morgan fingerprint density at radius 1 is 1.23 bits per heavy atom. The van der Waals surface area contributed by atoms with Gasteiger partial charge >= 0.3 is 0 Å². The number of nitrogens with one attached hydrogen (secondary N) is 1. The molecule has 0 aromatic heterocycles. The molecular formula is C26H26F2N4O3. The molecule has 2 aliphatic heterocycles. The standard InChI is InChI=1S/C26H26F2N4O3/c1-15(2)10-22(31(3)23(33)16-8-9-19(27)20(28)11-16)24(34)32-14-26(12-17(32)13-29)18-6-4-5-7-21(18)30-25(26)35/h4-9,11,15,17,22H,10,12,14H2,1-3H3,(H,30,35)/t17-,22-,26-/m0/s1. The molecule has 182 valence electrons. The van der Waals surface area contributed by atoms with Crippen molar-refractivity contribution in [1.29, 1.82) is 5.26 Å². The Labute approximate surface area is 202 Å². The number of nitrogens with zero attached hydrogens (tertiary/aromatic N) is 3.